The van der Waals surface area contributed by atoms with Crippen molar-refractivity contribution in [2.45, 2.75) is 32.3 Å². The van der Waals surface area contributed by atoms with Crippen LogP contribution in [0.5, 0.6) is 0 Å². The summed E-state index contributed by atoms with van der Waals surface area (Å²) in [6.07, 6.45) is -3.82. The molecular weight excluding hydrogens is 456 g/mol. The van der Waals surface area contributed by atoms with Gasteiger partial charge in [-0.2, -0.15) is 18.3 Å². The van der Waals surface area contributed by atoms with Crippen LogP contribution in [0.3, 0.4) is 0 Å². The number of aromatic nitrogens is 3. The van der Waals surface area contributed by atoms with Gasteiger partial charge in [0.1, 0.15) is 17.8 Å². The van der Waals surface area contributed by atoms with Gasteiger partial charge in [0.15, 0.2) is 6.23 Å². The van der Waals surface area contributed by atoms with E-state index in [1.807, 2.05) is 12.3 Å². The normalized spacial score (nSPS) is 18.4. The molecule has 8 nitrogen and oxygen atoms in total. The number of benzene rings is 1. The van der Waals surface area contributed by atoms with Crippen LogP contribution in [0.15, 0.2) is 30.7 Å². The molecule has 1 fully saturated rings. The highest BCUT2D eigenvalue weighted by atomic mass is 19.4. The van der Waals surface area contributed by atoms with Crippen molar-refractivity contribution >= 4 is 17.2 Å². The Morgan fingerprint density at radius 1 is 1.29 bits per heavy atom. The molecule has 0 spiro atoms. The van der Waals surface area contributed by atoms with E-state index < -0.39 is 24.2 Å². The van der Waals surface area contributed by atoms with Gasteiger partial charge in [-0.05, 0) is 38.6 Å². The van der Waals surface area contributed by atoms with Crippen LogP contribution in [-0.4, -0.2) is 64.4 Å². The Hall–Kier alpha value is -3.25. The van der Waals surface area contributed by atoms with Crippen molar-refractivity contribution in [2.24, 2.45) is 5.73 Å². The molecule has 3 heterocycles. The molecule has 0 bridgehead atoms. The highest BCUT2D eigenvalue weighted by Crippen LogP contribution is 2.33. The summed E-state index contributed by atoms with van der Waals surface area (Å²) in [7, 11) is 2.08. The maximum atomic E-state index is 15.4. The minimum Gasteiger partial charge on any atom is -0.436 e. The van der Waals surface area contributed by atoms with Crippen molar-refractivity contribution in [1.29, 1.82) is 0 Å². The number of rotatable bonds is 4. The largest absolute Gasteiger partial charge is 0.490 e. The first-order valence-corrected chi connectivity index (χ1v) is 10.6. The first-order chi connectivity index (χ1) is 16.0. The van der Waals surface area contributed by atoms with Gasteiger partial charge in [0.2, 0.25) is 0 Å². The van der Waals surface area contributed by atoms with Gasteiger partial charge in [-0.15, -0.1) is 0 Å². The van der Waals surface area contributed by atoms with Crippen molar-refractivity contribution in [3.8, 4) is 11.3 Å². The van der Waals surface area contributed by atoms with Gasteiger partial charge in [-0.25, -0.2) is 18.7 Å². The van der Waals surface area contributed by atoms with E-state index in [-0.39, 0.29) is 16.7 Å². The van der Waals surface area contributed by atoms with Crippen molar-refractivity contribution < 1.29 is 27.1 Å². The molecule has 0 radical (unpaired) electrons. The van der Waals surface area contributed by atoms with Gasteiger partial charge >= 0.3 is 12.1 Å². The predicted molar refractivity (Wildman–Crippen MR) is 116 cm³/mol. The summed E-state index contributed by atoms with van der Waals surface area (Å²) in [6.45, 7) is 6.05. The molecule has 2 N–H and O–H groups in total. The van der Waals surface area contributed by atoms with Gasteiger partial charge in [-0.1, -0.05) is 6.07 Å². The molecule has 12 heteroatoms. The zero-order valence-electron chi connectivity index (χ0n) is 18.8. The number of anilines is 1. The first-order valence-electron chi connectivity index (χ1n) is 10.6. The molecule has 1 aromatic carbocycles. The van der Waals surface area contributed by atoms with E-state index in [9.17, 15) is 18.0 Å². The molecule has 1 aliphatic rings. The van der Waals surface area contributed by atoms with Crippen LogP contribution >= 0.6 is 0 Å². The molecule has 2 atom stereocenters. The number of hydrogen-bond acceptors (Lipinski definition) is 7. The molecule has 34 heavy (non-hydrogen) atoms. The predicted octanol–water partition coefficient (Wildman–Crippen LogP) is 3.05. The standard InChI is InChI=1S/C22H24F4N6O2/c1-12-9-31(7-6-30(12)3)14-8-17-19(28-11-29-32(17)10-14)16-5-4-15(13(2)18(16)23)20(27)34-21(33)22(24,25)26/h4-5,8,10-12,20H,6-7,9,27H2,1-3H3. The highest BCUT2D eigenvalue weighted by Gasteiger charge is 2.42. The minimum absolute atomic E-state index is 0.0450. The van der Waals surface area contributed by atoms with Crippen LogP contribution in [0.25, 0.3) is 16.8 Å². The van der Waals surface area contributed by atoms with Gasteiger partial charge in [0.25, 0.3) is 0 Å². The van der Waals surface area contributed by atoms with E-state index in [4.69, 9.17) is 5.73 Å². The minimum atomic E-state index is -5.20. The third kappa shape index (κ3) is 4.42. The van der Waals surface area contributed by atoms with E-state index in [0.29, 0.717) is 17.3 Å². The van der Waals surface area contributed by atoms with Crippen molar-refractivity contribution in [2.75, 3.05) is 31.6 Å². The number of fused-ring (bicyclic) bond motifs is 1. The number of likely N-dealkylation sites (N-methyl/N-ethyl adjacent to an activating group) is 1. The number of halogens is 4. The average Bonchev–Trinajstić information content (AvgIpc) is 3.21. The van der Waals surface area contributed by atoms with Gasteiger partial charge in [-0.3, -0.25) is 5.73 Å². The summed E-state index contributed by atoms with van der Waals surface area (Å²) in [4.78, 5) is 19.9. The number of ether oxygens (including phenoxy) is 1. The van der Waals surface area contributed by atoms with Crippen molar-refractivity contribution in [3.63, 3.8) is 0 Å². The Morgan fingerprint density at radius 2 is 2.03 bits per heavy atom. The lowest BCUT2D eigenvalue weighted by Crippen LogP contribution is -2.50. The quantitative estimate of drug-likeness (QED) is 0.349. The molecule has 0 saturated carbocycles. The summed E-state index contributed by atoms with van der Waals surface area (Å²) >= 11 is 0. The topological polar surface area (TPSA) is 89.0 Å². The molecule has 3 aromatic rings. The molecule has 4 rings (SSSR count). The van der Waals surface area contributed by atoms with Crippen LogP contribution in [0.4, 0.5) is 23.2 Å². The van der Waals surface area contributed by atoms with Crippen LogP contribution in [0, 0.1) is 12.7 Å². The number of nitrogens with two attached hydrogens (primary N) is 1. The van der Waals surface area contributed by atoms with Crippen molar-refractivity contribution in [1.82, 2.24) is 19.5 Å². The monoisotopic (exact) mass is 480 g/mol. The average molecular weight is 480 g/mol. The van der Waals surface area contributed by atoms with E-state index in [1.54, 1.807) is 4.52 Å². The third-order valence-electron chi connectivity index (χ3n) is 6.17. The summed E-state index contributed by atoms with van der Waals surface area (Å²) in [5.74, 6) is -3.17. The summed E-state index contributed by atoms with van der Waals surface area (Å²) < 4.78 is 58.7. The first kappa shape index (κ1) is 23.9. The molecule has 2 unspecified atom stereocenters. The van der Waals surface area contributed by atoms with Crippen LogP contribution < -0.4 is 10.6 Å². The Kier molecular flexibility index (Phi) is 6.21. The van der Waals surface area contributed by atoms with E-state index >= 15 is 4.39 Å². The number of nitrogens with zero attached hydrogens (tertiary/aromatic N) is 5. The number of carbonyl (C=O) groups is 1. The molecule has 2 aromatic heterocycles. The fraction of sp³-hybridized carbons (Fsp3) is 0.409. The Labute approximate surface area is 192 Å². The van der Waals surface area contributed by atoms with Crippen molar-refractivity contribution in [3.05, 3.63) is 47.7 Å². The Bertz CT molecular complexity index is 1230. The zero-order valence-corrected chi connectivity index (χ0v) is 18.8. The number of esters is 1. The smallest absolute Gasteiger partial charge is 0.436 e. The second-order valence-electron chi connectivity index (χ2n) is 8.38. The molecule has 0 amide bonds. The number of hydrogen-bond donors (Lipinski definition) is 1. The van der Waals surface area contributed by atoms with E-state index in [1.165, 1.54) is 25.4 Å². The summed E-state index contributed by atoms with van der Waals surface area (Å²) in [5, 5.41) is 4.23. The third-order valence-corrected chi connectivity index (χ3v) is 6.17. The number of alkyl halides is 3. The molecule has 0 aliphatic carbocycles. The van der Waals surface area contributed by atoms with Gasteiger partial charge < -0.3 is 14.5 Å². The molecule has 1 saturated heterocycles. The second kappa shape index (κ2) is 8.84. The summed E-state index contributed by atoms with van der Waals surface area (Å²) in [5.41, 5.74) is 7.42. The maximum absolute atomic E-state index is 15.4. The zero-order chi connectivity index (χ0) is 24.8. The van der Waals surface area contributed by atoms with Crippen LogP contribution in [-0.2, 0) is 9.53 Å². The summed E-state index contributed by atoms with van der Waals surface area (Å²) in [6, 6.07) is 4.93. The Balaban J connectivity index is 1.67. The van der Waals surface area contributed by atoms with Crippen LogP contribution in [0.2, 0.25) is 0 Å². The lowest BCUT2D eigenvalue weighted by Gasteiger charge is -2.38. The SMILES string of the molecule is Cc1c(C(N)OC(=O)C(F)(F)F)ccc(-c2ncnn3cc(N4CCN(C)C(C)C4)cc23)c1F. The van der Waals surface area contributed by atoms with Crippen LogP contribution in [0.1, 0.15) is 24.3 Å². The number of carbonyl (C=O) groups excluding carboxylic acids is 1. The molecule has 182 valence electrons. The van der Waals surface area contributed by atoms with E-state index in [2.05, 4.69) is 38.6 Å². The molecule has 1 aliphatic heterocycles. The number of piperazine rings is 1. The lowest BCUT2D eigenvalue weighted by atomic mass is 10.0. The second-order valence-corrected chi connectivity index (χ2v) is 8.38. The highest BCUT2D eigenvalue weighted by molar-refractivity contribution is 5.81. The molecular formula is C22H24F4N6O2. The maximum Gasteiger partial charge on any atom is 0.490 e. The fourth-order valence-electron chi connectivity index (χ4n) is 4.02. The van der Waals surface area contributed by atoms with Gasteiger partial charge in [0.05, 0.1) is 17.4 Å². The Morgan fingerprint density at radius 3 is 2.71 bits per heavy atom. The lowest BCUT2D eigenvalue weighted by molar-refractivity contribution is -0.205. The van der Waals surface area contributed by atoms with E-state index in [0.717, 1.165) is 25.3 Å². The fourth-order valence-corrected chi connectivity index (χ4v) is 4.02. The van der Waals surface area contributed by atoms with Gasteiger partial charge in [0, 0.05) is 36.8 Å².